The second-order valence-electron chi connectivity index (χ2n) is 5.46. The standard InChI is InChI=1S/C17H17N3O5S2/c1-25-12-3-5-13(6-4-12)27(23,24)20-17-19-14-7-2-11(10-15(14)26-17)16(22)18-8-9-21/h2-7,10,21H,8-9H2,1H3,(H,18,22)(H,19,20). The minimum absolute atomic E-state index is 0.0895. The summed E-state index contributed by atoms with van der Waals surface area (Å²) in [5.74, 6) is 0.237. The molecule has 0 fully saturated rings. The van der Waals surface area contributed by atoms with E-state index in [-0.39, 0.29) is 29.1 Å². The van der Waals surface area contributed by atoms with Crippen LogP contribution in [0.25, 0.3) is 10.2 Å². The van der Waals surface area contributed by atoms with Crippen molar-refractivity contribution in [1.82, 2.24) is 10.3 Å². The maximum absolute atomic E-state index is 12.5. The summed E-state index contributed by atoms with van der Waals surface area (Å²) in [5, 5.41) is 11.5. The van der Waals surface area contributed by atoms with Crippen molar-refractivity contribution < 1.29 is 23.1 Å². The van der Waals surface area contributed by atoms with Crippen molar-refractivity contribution >= 4 is 42.6 Å². The molecule has 3 N–H and O–H groups in total. The van der Waals surface area contributed by atoms with Gasteiger partial charge in [0.2, 0.25) is 0 Å². The second kappa shape index (κ2) is 7.91. The van der Waals surface area contributed by atoms with Gasteiger partial charge in [0.1, 0.15) is 5.75 Å². The van der Waals surface area contributed by atoms with E-state index in [0.717, 1.165) is 11.3 Å². The maximum Gasteiger partial charge on any atom is 0.263 e. The number of carbonyl (C=O) groups is 1. The number of carbonyl (C=O) groups excluding carboxylic acids is 1. The SMILES string of the molecule is COc1ccc(S(=O)(=O)Nc2nc3ccc(C(=O)NCCO)cc3s2)cc1. The Morgan fingerprint density at radius 1 is 1.22 bits per heavy atom. The predicted molar refractivity (Wildman–Crippen MR) is 103 cm³/mol. The topological polar surface area (TPSA) is 118 Å². The molecule has 0 saturated carbocycles. The van der Waals surface area contributed by atoms with Crippen LogP contribution in [0.5, 0.6) is 5.75 Å². The quantitative estimate of drug-likeness (QED) is 0.550. The van der Waals surface area contributed by atoms with E-state index in [2.05, 4.69) is 15.0 Å². The van der Waals surface area contributed by atoms with Crippen molar-refractivity contribution in [3.05, 3.63) is 48.0 Å². The van der Waals surface area contributed by atoms with Crippen molar-refractivity contribution in [2.75, 3.05) is 25.0 Å². The van der Waals surface area contributed by atoms with Crippen LogP contribution >= 0.6 is 11.3 Å². The fourth-order valence-corrected chi connectivity index (χ4v) is 4.45. The number of rotatable bonds is 7. The van der Waals surface area contributed by atoms with Crippen molar-refractivity contribution in [2.24, 2.45) is 0 Å². The number of thiazole rings is 1. The molecule has 3 rings (SSSR count). The second-order valence-corrected chi connectivity index (χ2v) is 8.18. The summed E-state index contributed by atoms with van der Waals surface area (Å²) in [6, 6.07) is 10.9. The van der Waals surface area contributed by atoms with Crippen LogP contribution in [0.1, 0.15) is 10.4 Å². The number of aliphatic hydroxyl groups excluding tert-OH is 1. The van der Waals surface area contributed by atoms with E-state index in [1.165, 1.54) is 19.2 Å². The van der Waals surface area contributed by atoms with Gasteiger partial charge in [0.15, 0.2) is 5.13 Å². The number of fused-ring (bicyclic) bond motifs is 1. The lowest BCUT2D eigenvalue weighted by atomic mass is 10.2. The van der Waals surface area contributed by atoms with Crippen LogP contribution in [-0.4, -0.2) is 44.7 Å². The lowest BCUT2D eigenvalue weighted by molar-refractivity contribution is 0.0945. The Morgan fingerprint density at radius 2 is 1.96 bits per heavy atom. The molecule has 1 heterocycles. The first kappa shape index (κ1) is 19.1. The highest BCUT2D eigenvalue weighted by Crippen LogP contribution is 2.29. The molecule has 1 aromatic heterocycles. The van der Waals surface area contributed by atoms with E-state index in [4.69, 9.17) is 9.84 Å². The van der Waals surface area contributed by atoms with Crippen LogP contribution < -0.4 is 14.8 Å². The number of ether oxygens (including phenoxy) is 1. The summed E-state index contributed by atoms with van der Waals surface area (Å²) in [4.78, 5) is 16.3. The molecule has 8 nitrogen and oxygen atoms in total. The number of hydrogen-bond donors (Lipinski definition) is 3. The van der Waals surface area contributed by atoms with Gasteiger partial charge >= 0.3 is 0 Å². The molecule has 10 heteroatoms. The summed E-state index contributed by atoms with van der Waals surface area (Å²) in [6.07, 6.45) is 0. The highest BCUT2D eigenvalue weighted by atomic mass is 32.2. The van der Waals surface area contributed by atoms with E-state index in [0.29, 0.717) is 21.5 Å². The average molecular weight is 407 g/mol. The zero-order valence-corrected chi connectivity index (χ0v) is 15.9. The Morgan fingerprint density at radius 3 is 2.63 bits per heavy atom. The average Bonchev–Trinajstić information content (AvgIpc) is 3.06. The van der Waals surface area contributed by atoms with Gasteiger partial charge in [0.05, 0.1) is 28.8 Å². The third-order valence-electron chi connectivity index (χ3n) is 3.64. The number of aliphatic hydroxyl groups is 1. The third kappa shape index (κ3) is 4.35. The Bertz CT molecular complexity index is 1060. The molecule has 0 aliphatic carbocycles. The van der Waals surface area contributed by atoms with Gasteiger partial charge in [-0.2, -0.15) is 0 Å². The zero-order chi connectivity index (χ0) is 19.4. The molecular formula is C17H17N3O5S2. The van der Waals surface area contributed by atoms with E-state index in [9.17, 15) is 13.2 Å². The molecule has 0 radical (unpaired) electrons. The van der Waals surface area contributed by atoms with Gasteiger partial charge in [-0.15, -0.1) is 0 Å². The lowest BCUT2D eigenvalue weighted by Gasteiger charge is -2.05. The van der Waals surface area contributed by atoms with Crippen molar-refractivity contribution in [1.29, 1.82) is 0 Å². The predicted octanol–water partition coefficient (Wildman–Crippen LogP) is 1.83. The van der Waals surface area contributed by atoms with Crippen LogP contribution in [0.15, 0.2) is 47.4 Å². The van der Waals surface area contributed by atoms with Crippen LogP contribution in [0.3, 0.4) is 0 Å². The van der Waals surface area contributed by atoms with Crippen molar-refractivity contribution in [3.8, 4) is 5.75 Å². The number of anilines is 1. The fraction of sp³-hybridized carbons (Fsp3) is 0.176. The Kier molecular flexibility index (Phi) is 5.59. The smallest absolute Gasteiger partial charge is 0.263 e. The zero-order valence-electron chi connectivity index (χ0n) is 14.3. The number of nitrogens with zero attached hydrogens (tertiary/aromatic N) is 1. The molecule has 0 saturated heterocycles. The molecule has 1 amide bonds. The Balaban J connectivity index is 1.83. The Hall–Kier alpha value is -2.69. The monoisotopic (exact) mass is 407 g/mol. The number of benzene rings is 2. The van der Waals surface area contributed by atoms with Gasteiger partial charge in [-0.3, -0.25) is 9.52 Å². The molecule has 0 atom stereocenters. The molecule has 27 heavy (non-hydrogen) atoms. The number of sulfonamides is 1. The van der Waals surface area contributed by atoms with E-state index >= 15 is 0 Å². The third-order valence-corrected chi connectivity index (χ3v) is 6.06. The fourth-order valence-electron chi connectivity index (χ4n) is 2.31. The molecular weight excluding hydrogens is 390 g/mol. The molecule has 3 aromatic rings. The Labute approximate surface area is 159 Å². The molecule has 0 unspecified atom stereocenters. The van der Waals surface area contributed by atoms with Gasteiger partial charge in [-0.25, -0.2) is 13.4 Å². The van der Waals surface area contributed by atoms with Gasteiger partial charge in [0, 0.05) is 12.1 Å². The number of hydrogen-bond acceptors (Lipinski definition) is 7. The summed E-state index contributed by atoms with van der Waals surface area (Å²) in [5.41, 5.74) is 0.982. The number of methoxy groups -OCH3 is 1. The van der Waals surface area contributed by atoms with E-state index in [1.807, 2.05) is 0 Å². The van der Waals surface area contributed by atoms with Crippen molar-refractivity contribution in [2.45, 2.75) is 4.90 Å². The van der Waals surface area contributed by atoms with E-state index < -0.39 is 10.0 Å². The normalized spacial score (nSPS) is 11.3. The first-order valence-electron chi connectivity index (χ1n) is 7.89. The van der Waals surface area contributed by atoms with Crippen LogP contribution in [-0.2, 0) is 10.0 Å². The minimum atomic E-state index is -3.79. The van der Waals surface area contributed by atoms with Crippen LogP contribution in [0.4, 0.5) is 5.13 Å². The summed E-state index contributed by atoms with van der Waals surface area (Å²) in [6.45, 7) is 0.0122. The van der Waals surface area contributed by atoms with Crippen molar-refractivity contribution in [3.63, 3.8) is 0 Å². The van der Waals surface area contributed by atoms with Gasteiger partial charge in [-0.1, -0.05) is 11.3 Å². The highest BCUT2D eigenvalue weighted by Gasteiger charge is 2.17. The molecule has 0 aliphatic rings. The first-order valence-corrected chi connectivity index (χ1v) is 10.2. The summed E-state index contributed by atoms with van der Waals surface area (Å²) < 4.78 is 33.1. The molecule has 0 aliphatic heterocycles. The number of nitrogens with one attached hydrogen (secondary N) is 2. The highest BCUT2D eigenvalue weighted by molar-refractivity contribution is 7.93. The van der Waals surface area contributed by atoms with Crippen LogP contribution in [0, 0.1) is 0 Å². The maximum atomic E-state index is 12.5. The lowest BCUT2D eigenvalue weighted by Crippen LogP contribution is -2.26. The van der Waals surface area contributed by atoms with E-state index in [1.54, 1.807) is 30.3 Å². The summed E-state index contributed by atoms with van der Waals surface area (Å²) >= 11 is 1.13. The van der Waals surface area contributed by atoms with Gasteiger partial charge < -0.3 is 15.2 Å². The summed E-state index contributed by atoms with van der Waals surface area (Å²) in [7, 11) is -2.29. The molecule has 2 aromatic carbocycles. The first-order chi connectivity index (χ1) is 12.9. The van der Waals surface area contributed by atoms with Crippen LogP contribution in [0.2, 0.25) is 0 Å². The molecule has 142 valence electrons. The largest absolute Gasteiger partial charge is 0.497 e. The minimum Gasteiger partial charge on any atom is -0.497 e. The molecule has 0 spiro atoms. The molecule has 0 bridgehead atoms. The number of aromatic nitrogens is 1. The van der Waals surface area contributed by atoms with Gasteiger partial charge in [0.25, 0.3) is 15.9 Å². The number of amides is 1. The van der Waals surface area contributed by atoms with Gasteiger partial charge in [-0.05, 0) is 42.5 Å².